The van der Waals surface area contributed by atoms with Crippen molar-refractivity contribution in [3.63, 3.8) is 0 Å². The van der Waals surface area contributed by atoms with Crippen LogP contribution in [0.2, 0.25) is 0 Å². The molecule has 1 aromatic heterocycles. The van der Waals surface area contributed by atoms with Crippen LogP contribution in [0.15, 0.2) is 115 Å². The number of nitrogens with zero attached hydrogens (tertiary/aromatic N) is 2. The Morgan fingerprint density at radius 1 is 0.650 bits per heavy atom. The number of H-pyrrole nitrogens is 1. The third-order valence-corrected chi connectivity index (χ3v) is 9.37. The minimum Gasteiger partial charge on any atom is -0.491 e. The monoisotopic (exact) mass is 886 g/mol. The van der Waals surface area contributed by atoms with Gasteiger partial charge in [-0.25, -0.2) is 0 Å². The number of aromatic amines is 1. The molecule has 60 heavy (non-hydrogen) atoms. The summed E-state index contributed by atoms with van der Waals surface area (Å²) >= 11 is 11.5. The number of aromatic nitrogens is 2. The van der Waals surface area contributed by atoms with E-state index < -0.39 is 0 Å². The fourth-order valence-corrected chi connectivity index (χ4v) is 6.70. The van der Waals surface area contributed by atoms with Crippen molar-refractivity contribution in [2.75, 3.05) is 57.1 Å². The number of nitrogens with two attached hydrogens (primary N) is 1. The van der Waals surface area contributed by atoms with Crippen LogP contribution < -0.4 is 54.2 Å². The van der Waals surface area contributed by atoms with Crippen LogP contribution >= 0.6 is 35.6 Å². The van der Waals surface area contributed by atoms with Crippen LogP contribution in [0.3, 0.4) is 0 Å². The normalized spacial score (nSPS) is 10.3. The first-order valence-corrected chi connectivity index (χ1v) is 19.7. The standard InChI is InChI=1S/C22H21ClN2O3.C22H24ClNO3.ClH.HNO2.Na/c23-8-10-28-21-14-17(27-11-9-26)13-19-20(24-25-22(19)21)12-16-6-3-5-15-4-1-2-7-18(15)16;23-10-12-27-21-15-19(26-13-11-25)14-18(22(21)24)9-8-17-6-3-5-16-4-1-2-7-20(16)17;;2-1-3;/h1-7,13-14,26H,8-12H2,(H,24,25);1-7,14-15,25H,8-13,24H2;1H;(H,2,3);/q;;;;+1/p-1. The van der Waals surface area contributed by atoms with Crippen LogP contribution in [0, 0.1) is 10.1 Å². The van der Waals surface area contributed by atoms with E-state index in [1.54, 1.807) is 12.1 Å². The molecule has 0 aliphatic carbocycles. The number of anilines is 1. The molecular weight excluding hydrogens is 842 g/mol. The van der Waals surface area contributed by atoms with Gasteiger partial charge in [-0.2, -0.15) is 5.10 Å². The number of aliphatic hydroxyl groups is 2. The second-order valence-corrected chi connectivity index (χ2v) is 13.5. The maximum absolute atomic E-state index is 9.07. The maximum Gasteiger partial charge on any atom is 1.00 e. The third-order valence-electron chi connectivity index (χ3n) is 9.06. The zero-order valence-corrected chi connectivity index (χ0v) is 37.5. The van der Waals surface area contributed by atoms with Crippen molar-refractivity contribution in [2.24, 2.45) is 5.34 Å². The molecule has 0 unspecified atom stereocenters. The van der Waals surface area contributed by atoms with Crippen LogP contribution in [0.5, 0.6) is 23.0 Å². The van der Waals surface area contributed by atoms with E-state index in [0.717, 1.165) is 40.3 Å². The largest absolute Gasteiger partial charge is 1.00 e. The van der Waals surface area contributed by atoms with E-state index in [2.05, 4.69) is 83.0 Å². The molecule has 1 heterocycles. The summed E-state index contributed by atoms with van der Waals surface area (Å²) in [4.78, 5) is 8.00. The first kappa shape index (κ1) is 49.9. The molecule has 7 rings (SSSR count). The van der Waals surface area contributed by atoms with Gasteiger partial charge in [0.1, 0.15) is 49.2 Å². The van der Waals surface area contributed by atoms with Gasteiger partial charge in [-0.3, -0.25) is 5.10 Å². The Balaban J connectivity index is 0.000000292. The van der Waals surface area contributed by atoms with E-state index in [0.29, 0.717) is 60.1 Å². The minimum atomic E-state index is -0.0514. The molecule has 5 N–H and O–H groups in total. The number of hydrogen-bond acceptors (Lipinski definition) is 11. The number of halogens is 3. The quantitative estimate of drug-likeness (QED) is 0.0271. The summed E-state index contributed by atoms with van der Waals surface area (Å²) in [5, 5.41) is 40.6. The first-order chi connectivity index (χ1) is 28.4. The van der Waals surface area contributed by atoms with Crippen molar-refractivity contribution in [2.45, 2.75) is 19.3 Å². The summed E-state index contributed by atoms with van der Waals surface area (Å²) in [6.45, 7) is 1.10. The van der Waals surface area contributed by atoms with E-state index >= 15 is 0 Å². The van der Waals surface area contributed by atoms with Gasteiger partial charge in [0, 0.05) is 29.6 Å². The molecule has 0 radical (unpaired) electrons. The summed E-state index contributed by atoms with van der Waals surface area (Å²) < 4.78 is 22.6. The Bertz CT molecular complexity index is 2380. The van der Waals surface area contributed by atoms with Crippen molar-refractivity contribution in [1.29, 1.82) is 0 Å². The van der Waals surface area contributed by atoms with Crippen LogP contribution in [-0.4, -0.2) is 71.8 Å². The molecule has 0 amide bonds. The van der Waals surface area contributed by atoms with Gasteiger partial charge in [0.15, 0.2) is 5.75 Å². The predicted octanol–water partition coefficient (Wildman–Crippen LogP) is 6.17. The molecule has 0 bridgehead atoms. The van der Waals surface area contributed by atoms with Crippen LogP contribution in [0.4, 0.5) is 5.69 Å². The molecule has 7 aromatic rings. The predicted molar refractivity (Wildman–Crippen MR) is 239 cm³/mol. The van der Waals surface area contributed by atoms with E-state index in [9.17, 15) is 0 Å². The summed E-state index contributed by atoms with van der Waals surface area (Å²) in [6, 6.07) is 36.8. The Morgan fingerprint density at radius 2 is 1.15 bits per heavy atom. The summed E-state index contributed by atoms with van der Waals surface area (Å²) in [5.74, 6) is 3.22. The minimum absolute atomic E-state index is 0. The molecular formula is C44H46Cl3N4NaO8. The second kappa shape index (κ2) is 26.7. The smallest absolute Gasteiger partial charge is 0.491 e. The Hall–Kier alpha value is -4.50. The molecule has 0 aliphatic heterocycles. The fraction of sp³-hybridized carbons (Fsp3) is 0.250. The zero-order valence-electron chi connectivity index (χ0n) is 33.2. The average molecular weight is 888 g/mol. The molecule has 16 heteroatoms. The number of aliphatic hydroxyl groups excluding tert-OH is 2. The number of ether oxygens (including phenoxy) is 4. The zero-order chi connectivity index (χ0) is 41.1. The van der Waals surface area contributed by atoms with Gasteiger partial charge in [0.2, 0.25) is 0 Å². The van der Waals surface area contributed by atoms with Gasteiger partial charge in [0.05, 0.1) is 30.7 Å². The van der Waals surface area contributed by atoms with Gasteiger partial charge in [-0.05, 0) is 63.2 Å². The van der Waals surface area contributed by atoms with Crippen molar-refractivity contribution in [3.05, 3.63) is 142 Å². The number of benzene rings is 6. The number of aryl methyl sites for hydroxylation is 2. The molecule has 12 nitrogen and oxygen atoms in total. The number of alkyl halides is 2. The maximum atomic E-state index is 9.07. The van der Waals surface area contributed by atoms with Crippen LogP contribution in [0.25, 0.3) is 32.4 Å². The number of nitrogens with one attached hydrogen (secondary N) is 1. The number of fused-ring (bicyclic) bond motifs is 3. The molecule has 0 saturated carbocycles. The molecule has 0 fully saturated rings. The molecule has 0 spiro atoms. The number of rotatable bonds is 17. The van der Waals surface area contributed by atoms with E-state index in [1.807, 2.05) is 24.3 Å². The SMILES string of the molecule is Cl.Nc1c(CCc2cccc3ccccc23)cc(OCCO)cc1OCCCl.O=N[O-].OCCOc1cc(OCCCl)c2n[nH]c(Cc3cccc4ccccc34)c2c1.[Na+]. The Kier molecular flexibility index (Phi) is 22.2. The van der Waals surface area contributed by atoms with Crippen molar-refractivity contribution in [3.8, 4) is 23.0 Å². The van der Waals surface area contributed by atoms with Crippen LogP contribution in [0.1, 0.15) is 22.4 Å². The van der Waals surface area contributed by atoms with Gasteiger partial charge in [-0.15, -0.1) is 40.9 Å². The number of nitrogen functional groups attached to an aromatic ring is 1. The molecule has 312 valence electrons. The Labute approximate surface area is 386 Å². The fourth-order valence-electron chi connectivity index (χ4n) is 6.55. The summed E-state index contributed by atoms with van der Waals surface area (Å²) in [5.41, 5.74) is 12.1. The van der Waals surface area contributed by atoms with E-state index in [1.165, 1.54) is 32.7 Å². The van der Waals surface area contributed by atoms with Gasteiger partial charge >= 0.3 is 29.6 Å². The van der Waals surface area contributed by atoms with Gasteiger partial charge in [-0.1, -0.05) is 84.9 Å². The number of hydrogen-bond donors (Lipinski definition) is 4. The first-order valence-electron chi connectivity index (χ1n) is 18.6. The molecule has 6 aromatic carbocycles. The third kappa shape index (κ3) is 13.8. The summed E-state index contributed by atoms with van der Waals surface area (Å²) in [6.07, 6.45) is 2.31. The van der Waals surface area contributed by atoms with Gasteiger partial charge < -0.3 is 45.0 Å². The van der Waals surface area contributed by atoms with E-state index in [4.69, 9.17) is 68.2 Å². The molecule has 0 aliphatic rings. The topological polar surface area (TPSA) is 185 Å². The van der Waals surface area contributed by atoms with E-state index in [-0.39, 0.29) is 68.4 Å². The molecule has 0 atom stereocenters. The van der Waals surface area contributed by atoms with Crippen LogP contribution in [-0.2, 0) is 19.3 Å². The Morgan fingerprint density at radius 3 is 1.75 bits per heavy atom. The van der Waals surface area contributed by atoms with Crippen molar-refractivity contribution in [1.82, 2.24) is 10.2 Å². The van der Waals surface area contributed by atoms with Gasteiger partial charge in [0.25, 0.3) is 0 Å². The van der Waals surface area contributed by atoms with Crippen molar-refractivity contribution >= 4 is 73.7 Å². The second-order valence-electron chi connectivity index (χ2n) is 12.8. The average Bonchev–Trinajstić information content (AvgIpc) is 3.66. The molecule has 0 saturated heterocycles. The summed E-state index contributed by atoms with van der Waals surface area (Å²) in [7, 11) is 0. The van der Waals surface area contributed by atoms with Crippen molar-refractivity contribution < 1.29 is 58.7 Å².